The summed E-state index contributed by atoms with van der Waals surface area (Å²) < 4.78 is 31.9. The smallest absolute Gasteiger partial charge is 0.160 e. The molecule has 3 rings (SSSR count). The van der Waals surface area contributed by atoms with E-state index in [9.17, 15) is 8.78 Å². The number of rotatable bonds is 2. The molecule has 0 bridgehead atoms. The molecule has 2 aromatic rings. The first-order valence-corrected chi connectivity index (χ1v) is 7.33. The summed E-state index contributed by atoms with van der Waals surface area (Å²) in [6, 6.07) is 8.04. The van der Waals surface area contributed by atoms with Gasteiger partial charge in [-0.2, -0.15) is 0 Å². The van der Waals surface area contributed by atoms with Crippen LogP contribution in [0.1, 0.15) is 27.1 Å². The quantitative estimate of drug-likeness (QED) is 0.533. The maximum atomic E-state index is 13.4. The van der Waals surface area contributed by atoms with E-state index in [1.807, 2.05) is 18.2 Å². The molecular formula is C15H10BrClF2O. The lowest BCUT2D eigenvalue weighted by atomic mass is 10.0. The van der Waals surface area contributed by atoms with Gasteiger partial charge in [0, 0.05) is 5.02 Å². The maximum absolute atomic E-state index is 13.4. The van der Waals surface area contributed by atoms with Crippen LogP contribution < -0.4 is 0 Å². The zero-order valence-electron chi connectivity index (χ0n) is 10.3. The van der Waals surface area contributed by atoms with E-state index in [4.69, 9.17) is 16.3 Å². The Morgan fingerprint density at radius 2 is 1.75 bits per heavy atom. The predicted molar refractivity (Wildman–Crippen MR) is 77.1 cm³/mol. The highest BCUT2D eigenvalue weighted by Gasteiger charge is 2.19. The number of alkyl halides is 1. The Morgan fingerprint density at radius 3 is 2.55 bits per heavy atom. The summed E-state index contributed by atoms with van der Waals surface area (Å²) in [4.78, 5) is -0.295. The number of benzene rings is 2. The van der Waals surface area contributed by atoms with Gasteiger partial charge in [-0.3, -0.25) is 0 Å². The zero-order chi connectivity index (χ0) is 14.3. The molecule has 0 radical (unpaired) electrons. The normalized spacial score (nSPS) is 15.2. The van der Waals surface area contributed by atoms with Crippen molar-refractivity contribution in [3.8, 4) is 0 Å². The van der Waals surface area contributed by atoms with E-state index in [-0.39, 0.29) is 9.85 Å². The van der Waals surface area contributed by atoms with Crippen LogP contribution in [0, 0.1) is 11.6 Å². The minimum atomic E-state index is -0.944. The first-order valence-electron chi connectivity index (χ1n) is 6.04. The summed E-state index contributed by atoms with van der Waals surface area (Å²) in [7, 11) is 0. The van der Waals surface area contributed by atoms with Gasteiger partial charge in [-0.15, -0.1) is 0 Å². The van der Waals surface area contributed by atoms with Crippen molar-refractivity contribution < 1.29 is 13.5 Å². The van der Waals surface area contributed by atoms with Crippen LogP contribution in [0.3, 0.4) is 0 Å². The van der Waals surface area contributed by atoms with E-state index in [0.29, 0.717) is 18.8 Å². The Bertz CT molecular complexity index is 675. The number of hydrogen-bond donors (Lipinski definition) is 0. The summed E-state index contributed by atoms with van der Waals surface area (Å²) >= 11 is 9.50. The molecular weight excluding hydrogens is 350 g/mol. The largest absolute Gasteiger partial charge is 0.372 e. The number of ether oxygens (including phenoxy) is 1. The Labute approximate surface area is 128 Å². The molecule has 104 valence electrons. The molecule has 1 unspecified atom stereocenters. The van der Waals surface area contributed by atoms with Gasteiger partial charge in [-0.25, -0.2) is 8.78 Å². The van der Waals surface area contributed by atoms with Crippen LogP contribution >= 0.6 is 27.5 Å². The molecule has 0 amide bonds. The van der Waals surface area contributed by atoms with Crippen molar-refractivity contribution in [1.82, 2.24) is 0 Å². The topological polar surface area (TPSA) is 9.23 Å². The molecule has 0 fully saturated rings. The monoisotopic (exact) mass is 358 g/mol. The molecule has 0 aromatic heterocycles. The molecule has 5 heteroatoms. The van der Waals surface area contributed by atoms with Gasteiger partial charge in [0.2, 0.25) is 0 Å². The second kappa shape index (κ2) is 5.43. The lowest BCUT2D eigenvalue weighted by Crippen LogP contribution is -1.98. The third-order valence-electron chi connectivity index (χ3n) is 3.35. The Hall–Kier alpha value is -0.970. The van der Waals surface area contributed by atoms with Crippen molar-refractivity contribution in [2.24, 2.45) is 0 Å². The molecule has 1 aliphatic heterocycles. The van der Waals surface area contributed by atoms with Crippen LogP contribution in [0.5, 0.6) is 0 Å². The fraction of sp³-hybridized carbons (Fsp3) is 0.200. The highest BCUT2D eigenvalue weighted by molar-refractivity contribution is 9.09. The van der Waals surface area contributed by atoms with Gasteiger partial charge in [0.05, 0.1) is 18.0 Å². The summed E-state index contributed by atoms with van der Waals surface area (Å²) in [6.07, 6.45) is 0. The lowest BCUT2D eigenvalue weighted by molar-refractivity contribution is 0.134. The SMILES string of the molecule is Fc1cc(Cl)c(C(Br)c2ccc3c(c2)COC3)cc1F. The van der Waals surface area contributed by atoms with E-state index < -0.39 is 11.6 Å². The van der Waals surface area contributed by atoms with Gasteiger partial charge < -0.3 is 4.74 Å². The molecule has 0 N–H and O–H groups in total. The molecule has 20 heavy (non-hydrogen) atoms. The molecule has 0 saturated carbocycles. The van der Waals surface area contributed by atoms with E-state index in [0.717, 1.165) is 28.8 Å². The third kappa shape index (κ3) is 2.48. The summed E-state index contributed by atoms with van der Waals surface area (Å²) in [5.74, 6) is -1.85. The Morgan fingerprint density at radius 1 is 1.05 bits per heavy atom. The van der Waals surface area contributed by atoms with E-state index in [1.165, 1.54) is 0 Å². The van der Waals surface area contributed by atoms with E-state index in [1.54, 1.807) is 0 Å². The highest BCUT2D eigenvalue weighted by Crippen LogP contribution is 2.37. The van der Waals surface area contributed by atoms with Crippen LogP contribution in [0.25, 0.3) is 0 Å². The van der Waals surface area contributed by atoms with Crippen LogP contribution in [-0.4, -0.2) is 0 Å². The van der Waals surface area contributed by atoms with Gasteiger partial charge in [0.1, 0.15) is 0 Å². The van der Waals surface area contributed by atoms with Crippen molar-refractivity contribution in [1.29, 1.82) is 0 Å². The van der Waals surface area contributed by atoms with E-state index in [2.05, 4.69) is 15.9 Å². The molecule has 1 aliphatic rings. The molecule has 1 nitrogen and oxygen atoms in total. The second-order valence-electron chi connectivity index (χ2n) is 4.67. The van der Waals surface area contributed by atoms with Crippen LogP contribution in [0.2, 0.25) is 5.02 Å². The van der Waals surface area contributed by atoms with Gasteiger partial charge in [-0.1, -0.05) is 45.7 Å². The lowest BCUT2D eigenvalue weighted by Gasteiger charge is -2.14. The van der Waals surface area contributed by atoms with E-state index >= 15 is 0 Å². The summed E-state index contributed by atoms with van der Waals surface area (Å²) in [5, 5.41) is 0.197. The Kier molecular flexibility index (Phi) is 3.80. The van der Waals surface area contributed by atoms with Crippen LogP contribution in [0.15, 0.2) is 30.3 Å². The standard InChI is InChI=1S/C15H10BrClF2O/c16-15(11-4-13(18)14(19)5-12(11)17)8-1-2-9-6-20-7-10(9)3-8/h1-5,15H,6-7H2. The van der Waals surface area contributed by atoms with Gasteiger partial charge in [0.25, 0.3) is 0 Å². The van der Waals surface area contributed by atoms with Crippen molar-refractivity contribution >= 4 is 27.5 Å². The Balaban J connectivity index is 2.00. The number of halogens is 4. The maximum Gasteiger partial charge on any atom is 0.160 e. The average Bonchev–Trinajstić information content (AvgIpc) is 2.89. The van der Waals surface area contributed by atoms with Crippen LogP contribution in [0.4, 0.5) is 8.78 Å². The predicted octanol–water partition coefficient (Wildman–Crippen LogP) is 5.13. The zero-order valence-corrected chi connectivity index (χ0v) is 12.6. The molecule has 2 aromatic carbocycles. The highest BCUT2D eigenvalue weighted by atomic mass is 79.9. The first kappa shape index (κ1) is 14.0. The van der Waals surface area contributed by atoms with Gasteiger partial charge in [0.15, 0.2) is 11.6 Å². The minimum absolute atomic E-state index is 0.197. The van der Waals surface area contributed by atoms with Gasteiger partial charge >= 0.3 is 0 Å². The number of fused-ring (bicyclic) bond motifs is 1. The molecule has 1 atom stereocenters. The van der Waals surface area contributed by atoms with Crippen molar-refractivity contribution in [2.45, 2.75) is 18.0 Å². The van der Waals surface area contributed by atoms with Crippen molar-refractivity contribution in [2.75, 3.05) is 0 Å². The minimum Gasteiger partial charge on any atom is -0.372 e. The number of hydrogen-bond acceptors (Lipinski definition) is 1. The summed E-state index contributed by atoms with van der Waals surface area (Å²) in [6.45, 7) is 1.20. The van der Waals surface area contributed by atoms with Gasteiger partial charge in [-0.05, 0) is 34.4 Å². The first-order chi connectivity index (χ1) is 9.56. The van der Waals surface area contributed by atoms with Crippen LogP contribution in [-0.2, 0) is 18.0 Å². The fourth-order valence-corrected chi connectivity index (χ4v) is 3.32. The average molecular weight is 360 g/mol. The molecule has 1 heterocycles. The van der Waals surface area contributed by atoms with Crippen molar-refractivity contribution in [3.05, 3.63) is 69.2 Å². The molecule has 0 aliphatic carbocycles. The third-order valence-corrected chi connectivity index (χ3v) is 4.70. The van der Waals surface area contributed by atoms with Crippen molar-refractivity contribution in [3.63, 3.8) is 0 Å². The fourth-order valence-electron chi connectivity index (χ4n) is 2.26. The molecule has 0 spiro atoms. The summed E-state index contributed by atoms with van der Waals surface area (Å²) in [5.41, 5.74) is 3.71. The second-order valence-corrected chi connectivity index (χ2v) is 5.99. The molecule has 0 saturated heterocycles.